The second kappa shape index (κ2) is 7.44. The lowest BCUT2D eigenvalue weighted by molar-refractivity contribution is -0.188. The highest BCUT2D eigenvalue weighted by molar-refractivity contribution is 5.95. The summed E-state index contributed by atoms with van der Waals surface area (Å²) in [5.74, 6) is 0.199. The summed E-state index contributed by atoms with van der Waals surface area (Å²) >= 11 is 0. The minimum absolute atomic E-state index is 0.00907. The summed E-state index contributed by atoms with van der Waals surface area (Å²) in [7, 11) is 0. The van der Waals surface area contributed by atoms with E-state index in [1.165, 1.54) is 0 Å². The predicted octanol–water partition coefficient (Wildman–Crippen LogP) is 3.39. The van der Waals surface area contributed by atoms with E-state index in [4.69, 9.17) is 4.74 Å². The number of aliphatic hydroxyl groups excluding tert-OH is 2. The van der Waals surface area contributed by atoms with Gasteiger partial charge in [-0.3, -0.25) is 4.79 Å². The van der Waals surface area contributed by atoms with E-state index < -0.39 is 34.2 Å². The van der Waals surface area contributed by atoms with Gasteiger partial charge in [-0.2, -0.15) is 0 Å². The molecule has 4 saturated carbocycles. The molecule has 5 aliphatic carbocycles. The Morgan fingerprint density at radius 2 is 1.78 bits per heavy atom. The molecule has 1 heterocycles. The quantitative estimate of drug-likeness (QED) is 0.439. The number of rotatable bonds is 4. The lowest BCUT2D eigenvalue weighted by Gasteiger charge is -2.65. The van der Waals surface area contributed by atoms with Crippen molar-refractivity contribution in [3.8, 4) is 0 Å². The molecule has 0 aromatic heterocycles. The van der Waals surface area contributed by atoms with Crippen LogP contribution in [-0.4, -0.2) is 61.8 Å². The van der Waals surface area contributed by atoms with Gasteiger partial charge in [-0.15, -0.1) is 0 Å². The number of aliphatic hydroxyl groups is 4. The number of carbonyl (C=O) groups is 1. The fourth-order valence-corrected chi connectivity index (χ4v) is 10.6. The first kappa shape index (κ1) is 25.5. The molecule has 0 aromatic rings. The van der Waals surface area contributed by atoms with Crippen LogP contribution < -0.4 is 0 Å². The maximum absolute atomic E-state index is 13.6. The molecule has 36 heavy (non-hydrogen) atoms. The third kappa shape index (κ3) is 2.74. The Hall–Kier alpha value is -0.790. The molecule has 1 spiro atoms. The van der Waals surface area contributed by atoms with Crippen LogP contribution in [-0.2, 0) is 9.53 Å². The lowest BCUT2D eigenvalue weighted by atomic mass is 9.39. The standard InChI is InChI=1S/C30H46O6/c1-15(2)16(3)24-25(36-24)28(6,34)21-8-10-30(35)22-14-19(31)18-13-20(32)23(33)17-7-9-29(22,27(17,18)5)12-11-26(21,30)4/h14-18,20-21,23-25,32-35H,7-13H2,1-6H3. The maximum atomic E-state index is 13.6. The summed E-state index contributed by atoms with van der Waals surface area (Å²) in [6, 6.07) is 0. The van der Waals surface area contributed by atoms with E-state index in [0.29, 0.717) is 31.1 Å². The second-order valence-electron chi connectivity index (χ2n) is 14.5. The van der Waals surface area contributed by atoms with E-state index >= 15 is 0 Å². The molecule has 6 nitrogen and oxygen atoms in total. The molecule has 0 aromatic carbocycles. The molecule has 1 saturated heterocycles. The second-order valence-corrected chi connectivity index (χ2v) is 14.5. The zero-order chi connectivity index (χ0) is 26.2. The molecular weight excluding hydrogens is 456 g/mol. The number of ether oxygens (including phenoxy) is 1. The van der Waals surface area contributed by atoms with Crippen molar-refractivity contribution in [1.82, 2.24) is 0 Å². The van der Waals surface area contributed by atoms with E-state index in [9.17, 15) is 25.2 Å². The Morgan fingerprint density at radius 3 is 2.44 bits per heavy atom. The van der Waals surface area contributed by atoms with Crippen LogP contribution in [0.5, 0.6) is 0 Å². The Labute approximate surface area is 215 Å². The molecule has 6 rings (SSSR count). The van der Waals surface area contributed by atoms with Gasteiger partial charge in [0, 0.05) is 16.7 Å². The van der Waals surface area contributed by atoms with Gasteiger partial charge in [-0.05, 0) is 92.6 Å². The fourth-order valence-electron chi connectivity index (χ4n) is 10.6. The van der Waals surface area contributed by atoms with Crippen LogP contribution in [0.2, 0.25) is 0 Å². The molecule has 0 radical (unpaired) electrons. The SMILES string of the molecule is CC(C)C(C)C1OC1C(C)(O)C1CCC2(O)C3=CC(=O)C4CC(O)C(O)C5CCC3(CCC12C)C45C. The number of hydrogen-bond donors (Lipinski definition) is 4. The summed E-state index contributed by atoms with van der Waals surface area (Å²) in [5, 5.41) is 46.2. The molecule has 6 heteroatoms. The minimum atomic E-state index is -1.17. The van der Waals surface area contributed by atoms with Crippen molar-refractivity contribution < 1.29 is 30.0 Å². The number of ketones is 1. The van der Waals surface area contributed by atoms with E-state index in [-0.39, 0.29) is 41.2 Å². The molecule has 202 valence electrons. The molecular formula is C30H46O6. The van der Waals surface area contributed by atoms with Crippen molar-refractivity contribution >= 4 is 5.78 Å². The van der Waals surface area contributed by atoms with E-state index in [0.717, 1.165) is 31.3 Å². The van der Waals surface area contributed by atoms with Gasteiger partial charge in [0.25, 0.3) is 0 Å². The number of carbonyl (C=O) groups excluding carboxylic acids is 1. The topological polar surface area (TPSA) is 111 Å². The Morgan fingerprint density at radius 1 is 1.08 bits per heavy atom. The van der Waals surface area contributed by atoms with Crippen molar-refractivity contribution in [3.63, 3.8) is 0 Å². The molecule has 13 atom stereocenters. The van der Waals surface area contributed by atoms with Crippen LogP contribution in [0.4, 0.5) is 0 Å². The molecule has 4 N–H and O–H groups in total. The first-order chi connectivity index (χ1) is 16.7. The summed E-state index contributed by atoms with van der Waals surface area (Å²) in [6.07, 6.45) is 4.54. The summed E-state index contributed by atoms with van der Waals surface area (Å²) in [5.41, 5.74) is -2.76. The van der Waals surface area contributed by atoms with Gasteiger partial charge < -0.3 is 25.2 Å². The smallest absolute Gasteiger partial charge is 0.159 e. The average Bonchev–Trinajstić information content (AvgIpc) is 3.48. The summed E-state index contributed by atoms with van der Waals surface area (Å²) in [4.78, 5) is 13.6. The maximum Gasteiger partial charge on any atom is 0.159 e. The molecule has 13 unspecified atom stereocenters. The van der Waals surface area contributed by atoms with Crippen molar-refractivity contribution in [2.45, 2.75) is 122 Å². The summed E-state index contributed by atoms with van der Waals surface area (Å²) < 4.78 is 6.10. The highest BCUT2D eigenvalue weighted by Gasteiger charge is 2.77. The highest BCUT2D eigenvalue weighted by Crippen LogP contribution is 2.78. The number of fused-ring (bicyclic) bond motifs is 2. The molecule has 0 amide bonds. The van der Waals surface area contributed by atoms with E-state index in [2.05, 4.69) is 34.6 Å². The lowest BCUT2D eigenvalue weighted by Crippen LogP contribution is -2.66. The monoisotopic (exact) mass is 502 g/mol. The van der Waals surface area contributed by atoms with Gasteiger partial charge in [0.15, 0.2) is 5.78 Å². The largest absolute Gasteiger partial charge is 0.390 e. The first-order valence-electron chi connectivity index (χ1n) is 14.4. The fraction of sp³-hybridized carbons (Fsp3) is 0.900. The van der Waals surface area contributed by atoms with Gasteiger partial charge in [0.1, 0.15) is 6.10 Å². The normalized spacial score (nSPS) is 55.9. The molecule has 0 bridgehead atoms. The van der Waals surface area contributed by atoms with Crippen molar-refractivity contribution in [2.24, 2.45) is 45.8 Å². The Balaban J connectivity index is 1.39. The Bertz CT molecular complexity index is 1000. The van der Waals surface area contributed by atoms with E-state index in [1.807, 2.05) is 6.92 Å². The van der Waals surface area contributed by atoms with Crippen LogP contribution in [0.3, 0.4) is 0 Å². The van der Waals surface area contributed by atoms with Crippen LogP contribution in [0, 0.1) is 45.8 Å². The van der Waals surface area contributed by atoms with Gasteiger partial charge in [-0.25, -0.2) is 0 Å². The zero-order valence-electron chi connectivity index (χ0n) is 22.8. The minimum Gasteiger partial charge on any atom is -0.390 e. The number of epoxide rings is 1. The Kier molecular flexibility index (Phi) is 5.27. The third-order valence-corrected chi connectivity index (χ3v) is 13.2. The first-order valence-corrected chi connectivity index (χ1v) is 14.4. The van der Waals surface area contributed by atoms with Crippen molar-refractivity contribution in [2.75, 3.05) is 0 Å². The van der Waals surface area contributed by atoms with Crippen LogP contribution in [0.25, 0.3) is 0 Å². The summed E-state index contributed by atoms with van der Waals surface area (Å²) in [6.45, 7) is 12.7. The van der Waals surface area contributed by atoms with Gasteiger partial charge in [0.05, 0.1) is 29.5 Å². The third-order valence-electron chi connectivity index (χ3n) is 13.2. The zero-order valence-corrected chi connectivity index (χ0v) is 22.8. The molecule has 6 aliphatic rings. The van der Waals surface area contributed by atoms with Gasteiger partial charge in [-0.1, -0.05) is 34.6 Å². The van der Waals surface area contributed by atoms with Crippen molar-refractivity contribution in [3.05, 3.63) is 11.6 Å². The van der Waals surface area contributed by atoms with Crippen LogP contribution in [0.1, 0.15) is 86.5 Å². The van der Waals surface area contributed by atoms with Crippen LogP contribution >= 0.6 is 0 Å². The molecule has 5 fully saturated rings. The number of hydrogen-bond acceptors (Lipinski definition) is 6. The van der Waals surface area contributed by atoms with Crippen LogP contribution in [0.15, 0.2) is 11.6 Å². The predicted molar refractivity (Wildman–Crippen MR) is 135 cm³/mol. The number of allylic oxidation sites excluding steroid dienone is 1. The highest BCUT2D eigenvalue weighted by atomic mass is 16.6. The van der Waals surface area contributed by atoms with Crippen molar-refractivity contribution in [1.29, 1.82) is 0 Å². The van der Waals surface area contributed by atoms with Gasteiger partial charge >= 0.3 is 0 Å². The van der Waals surface area contributed by atoms with E-state index in [1.54, 1.807) is 6.08 Å². The van der Waals surface area contributed by atoms with Gasteiger partial charge in [0.2, 0.25) is 0 Å². The molecule has 1 aliphatic heterocycles. The average molecular weight is 503 g/mol.